The van der Waals surface area contributed by atoms with Gasteiger partial charge in [0.15, 0.2) is 5.58 Å². The molecule has 174 valence electrons. The normalized spacial score (nSPS) is 22.0. The number of rotatable bonds is 1. The van der Waals surface area contributed by atoms with Gasteiger partial charge in [-0.2, -0.15) is 5.26 Å². The molecule has 2 bridgehead atoms. The number of aryl methyl sites for hydroxylation is 1. The fourth-order valence-corrected chi connectivity index (χ4v) is 7.34. The zero-order valence-corrected chi connectivity index (χ0v) is 19.8. The summed E-state index contributed by atoms with van der Waals surface area (Å²) in [5.41, 5.74) is 7.63. The minimum Gasteiger partial charge on any atom is -0.356 e. The van der Waals surface area contributed by atoms with Gasteiger partial charge < -0.3 is 15.2 Å². The Bertz CT molecular complexity index is 1750. The number of hydrogen-bond acceptors (Lipinski definition) is 6. The molecule has 8 heteroatoms. The van der Waals surface area contributed by atoms with Crippen molar-refractivity contribution in [2.75, 3.05) is 0 Å². The second-order valence-electron chi connectivity index (χ2n) is 9.83. The van der Waals surface area contributed by atoms with E-state index in [1.807, 2.05) is 36.1 Å². The van der Waals surface area contributed by atoms with Crippen molar-refractivity contribution in [2.24, 2.45) is 5.73 Å². The second-order valence-corrected chi connectivity index (χ2v) is 10.9. The first-order chi connectivity index (χ1) is 16.9. The first-order valence-corrected chi connectivity index (χ1v) is 12.6. The lowest BCUT2D eigenvalue weighted by molar-refractivity contribution is 0.0580. The first-order valence-electron chi connectivity index (χ1n) is 11.8. The molecule has 6 nitrogen and oxygen atoms in total. The van der Waals surface area contributed by atoms with Gasteiger partial charge in [-0.05, 0) is 79.1 Å². The van der Waals surface area contributed by atoms with Gasteiger partial charge in [0.05, 0.1) is 16.1 Å². The van der Waals surface area contributed by atoms with Gasteiger partial charge in [-0.3, -0.25) is 4.79 Å². The molecule has 2 fully saturated rings. The van der Waals surface area contributed by atoms with Crippen LogP contribution in [0.4, 0.5) is 4.39 Å². The molecule has 3 aromatic carbocycles. The molecule has 0 radical (unpaired) electrons. The highest BCUT2D eigenvalue weighted by Crippen LogP contribution is 2.44. The van der Waals surface area contributed by atoms with Crippen molar-refractivity contribution in [1.82, 2.24) is 10.1 Å². The molecule has 4 heterocycles. The molecule has 2 aliphatic heterocycles. The molecule has 2 unspecified atom stereocenters. The number of fused-ring (bicyclic) bond motifs is 9. The number of nitrogens with zero attached hydrogens (tertiary/aromatic N) is 3. The number of thiophene rings is 1. The molecule has 2 aliphatic rings. The monoisotopic (exact) mass is 484 g/mol. The van der Waals surface area contributed by atoms with E-state index >= 15 is 0 Å². The smallest absolute Gasteiger partial charge is 0.264 e. The third-order valence-corrected chi connectivity index (χ3v) is 8.95. The summed E-state index contributed by atoms with van der Waals surface area (Å²) in [6.45, 7) is 1.87. The number of halogens is 1. The number of carbonyl (C=O) groups excluding carboxylic acids is 1. The van der Waals surface area contributed by atoms with Crippen LogP contribution in [0.3, 0.4) is 0 Å². The molecule has 5 aromatic rings. The fraction of sp³-hybridized carbons (Fsp3) is 0.296. The summed E-state index contributed by atoms with van der Waals surface area (Å²) in [4.78, 5) is 16.4. The maximum atomic E-state index is 14.8. The van der Waals surface area contributed by atoms with Crippen LogP contribution in [0, 0.1) is 24.1 Å². The third-order valence-electron chi connectivity index (χ3n) is 7.79. The Hall–Kier alpha value is -3.54. The summed E-state index contributed by atoms with van der Waals surface area (Å²) < 4.78 is 21.2. The molecule has 0 saturated carbocycles. The number of benzene rings is 3. The predicted octanol–water partition coefficient (Wildman–Crippen LogP) is 5.76. The first kappa shape index (κ1) is 20.8. The van der Waals surface area contributed by atoms with Crippen molar-refractivity contribution in [3.05, 3.63) is 52.3 Å². The SMILES string of the molecule is Cc1noc2cc3c(cc12)c1cc(C#N)c(F)cc1c1cc(C(=O)N2C4CCC2CC(N)C4)sc13. The summed E-state index contributed by atoms with van der Waals surface area (Å²) in [6, 6.07) is 11.3. The van der Waals surface area contributed by atoms with Crippen molar-refractivity contribution in [3.8, 4) is 6.07 Å². The van der Waals surface area contributed by atoms with Crippen LogP contribution in [0.15, 0.2) is 34.9 Å². The summed E-state index contributed by atoms with van der Waals surface area (Å²) in [6.07, 6.45) is 3.66. The van der Waals surface area contributed by atoms with Crippen LogP contribution in [0.25, 0.3) is 42.6 Å². The van der Waals surface area contributed by atoms with E-state index < -0.39 is 5.82 Å². The molecule has 2 aromatic heterocycles. The Labute approximate surface area is 203 Å². The van der Waals surface area contributed by atoms with Crippen molar-refractivity contribution in [1.29, 1.82) is 5.26 Å². The Morgan fingerprint density at radius 1 is 1.09 bits per heavy atom. The van der Waals surface area contributed by atoms with Crippen LogP contribution in [0.2, 0.25) is 0 Å². The average molecular weight is 485 g/mol. The van der Waals surface area contributed by atoms with Crippen molar-refractivity contribution >= 4 is 59.8 Å². The van der Waals surface area contributed by atoms with E-state index in [2.05, 4.69) is 5.16 Å². The molecule has 2 saturated heterocycles. The van der Waals surface area contributed by atoms with E-state index in [1.165, 1.54) is 17.4 Å². The molecule has 2 N–H and O–H groups in total. The molecule has 1 amide bonds. The van der Waals surface area contributed by atoms with E-state index in [4.69, 9.17) is 10.3 Å². The molecule has 35 heavy (non-hydrogen) atoms. The molecular formula is C27H21FN4O2S. The average Bonchev–Trinajstić information content (AvgIpc) is 3.52. The lowest BCUT2D eigenvalue weighted by atomic mass is 9.95. The van der Waals surface area contributed by atoms with E-state index in [0.717, 1.165) is 63.0 Å². The standard InChI is InChI=1S/C27H21FN4O2S/c1-12-17-7-19-18-4-13(11-29)23(28)8-20(18)22-10-25(35-26(22)21(19)9-24(17)34-31-12)27(33)32-15-2-3-16(32)6-14(30)5-15/h4,7-10,14-16H,2-3,5-6,30H2,1H3. The van der Waals surface area contributed by atoms with Crippen molar-refractivity contribution in [2.45, 2.75) is 50.7 Å². The van der Waals surface area contributed by atoms with Gasteiger partial charge in [0.1, 0.15) is 11.9 Å². The van der Waals surface area contributed by atoms with Gasteiger partial charge in [0, 0.05) is 39.0 Å². The van der Waals surface area contributed by atoms with Gasteiger partial charge in [-0.15, -0.1) is 11.3 Å². The number of hydrogen-bond donors (Lipinski definition) is 1. The summed E-state index contributed by atoms with van der Waals surface area (Å²) >= 11 is 1.44. The molecular weight excluding hydrogens is 463 g/mol. The molecule has 0 spiro atoms. The van der Waals surface area contributed by atoms with Gasteiger partial charge in [0.2, 0.25) is 0 Å². The zero-order valence-electron chi connectivity index (χ0n) is 19.0. The lowest BCUT2D eigenvalue weighted by Crippen LogP contribution is -2.49. The van der Waals surface area contributed by atoms with Crippen LogP contribution >= 0.6 is 11.3 Å². The van der Waals surface area contributed by atoms with Crippen molar-refractivity contribution in [3.63, 3.8) is 0 Å². The number of piperidine rings is 1. The van der Waals surface area contributed by atoms with Crippen molar-refractivity contribution < 1.29 is 13.7 Å². The Balaban J connectivity index is 1.52. The maximum absolute atomic E-state index is 14.8. The minimum absolute atomic E-state index is 0.00644. The number of carbonyl (C=O) groups is 1. The number of nitriles is 1. The summed E-state index contributed by atoms with van der Waals surface area (Å²) in [5, 5.41) is 18.5. The summed E-state index contributed by atoms with van der Waals surface area (Å²) in [5.74, 6) is -0.539. The maximum Gasteiger partial charge on any atom is 0.264 e. The summed E-state index contributed by atoms with van der Waals surface area (Å²) in [7, 11) is 0. The molecule has 0 aliphatic carbocycles. The van der Waals surface area contributed by atoms with E-state index in [9.17, 15) is 14.4 Å². The van der Waals surface area contributed by atoms with E-state index in [0.29, 0.717) is 15.8 Å². The van der Waals surface area contributed by atoms with E-state index in [-0.39, 0.29) is 29.6 Å². The topological polar surface area (TPSA) is 96.1 Å². The van der Waals surface area contributed by atoms with Gasteiger partial charge in [-0.1, -0.05) is 5.16 Å². The number of aromatic nitrogens is 1. The fourth-order valence-electron chi connectivity index (χ4n) is 6.19. The minimum atomic E-state index is -0.565. The number of amides is 1. The highest BCUT2D eigenvalue weighted by atomic mass is 32.1. The predicted molar refractivity (Wildman–Crippen MR) is 134 cm³/mol. The largest absolute Gasteiger partial charge is 0.356 e. The van der Waals surface area contributed by atoms with Crippen LogP contribution in [-0.4, -0.2) is 34.1 Å². The number of nitrogens with two attached hydrogens (primary N) is 1. The molecule has 7 rings (SSSR count). The molecule has 2 atom stereocenters. The van der Waals surface area contributed by atoms with Crippen LogP contribution in [0.1, 0.15) is 46.6 Å². The van der Waals surface area contributed by atoms with Crippen LogP contribution in [-0.2, 0) is 0 Å². The van der Waals surface area contributed by atoms with E-state index in [1.54, 1.807) is 6.07 Å². The Kier molecular flexibility index (Phi) is 4.30. The third kappa shape index (κ3) is 2.89. The van der Waals surface area contributed by atoms with Gasteiger partial charge in [-0.25, -0.2) is 4.39 Å². The quantitative estimate of drug-likeness (QED) is 0.305. The lowest BCUT2D eigenvalue weighted by Gasteiger charge is -2.37. The highest BCUT2D eigenvalue weighted by molar-refractivity contribution is 7.22. The highest BCUT2D eigenvalue weighted by Gasteiger charge is 2.42. The van der Waals surface area contributed by atoms with Gasteiger partial charge in [0.25, 0.3) is 5.91 Å². The zero-order chi connectivity index (χ0) is 24.0. The van der Waals surface area contributed by atoms with Gasteiger partial charge >= 0.3 is 0 Å². The Morgan fingerprint density at radius 2 is 1.77 bits per heavy atom. The van der Waals surface area contributed by atoms with Crippen LogP contribution in [0.5, 0.6) is 0 Å². The Morgan fingerprint density at radius 3 is 2.51 bits per heavy atom. The second kappa shape index (κ2) is 7.23. The van der Waals surface area contributed by atoms with Crippen LogP contribution < -0.4 is 5.73 Å².